The highest BCUT2D eigenvalue weighted by Gasteiger charge is 2.24. The molecule has 5 nitrogen and oxygen atoms in total. The topological polar surface area (TPSA) is 79.0 Å². The van der Waals surface area contributed by atoms with Gasteiger partial charge in [-0.25, -0.2) is 0 Å². The van der Waals surface area contributed by atoms with Crippen molar-refractivity contribution in [2.45, 2.75) is 25.2 Å². The van der Waals surface area contributed by atoms with E-state index < -0.39 is 6.10 Å². The maximum absolute atomic E-state index is 9.27. The average molecular weight is 204 g/mol. The Hall–Kier alpha value is -0.200. The van der Waals surface area contributed by atoms with Crippen molar-refractivity contribution in [1.29, 1.82) is 0 Å². The van der Waals surface area contributed by atoms with Gasteiger partial charge in [-0.15, -0.1) is 0 Å². The number of nitrogens with zero attached hydrogens (tertiary/aromatic N) is 1. The predicted octanol–water partition coefficient (Wildman–Crippen LogP) is -1.61. The van der Waals surface area contributed by atoms with E-state index in [2.05, 4.69) is 4.90 Å². The normalized spacial score (nSPS) is 28.7. The number of nitrogens with two attached hydrogens (primary N) is 1. The summed E-state index contributed by atoms with van der Waals surface area (Å²) >= 11 is 0. The molecule has 0 aromatic rings. The summed E-state index contributed by atoms with van der Waals surface area (Å²) in [6.45, 7) is 4.37. The lowest BCUT2D eigenvalue weighted by Gasteiger charge is -2.35. The summed E-state index contributed by atoms with van der Waals surface area (Å²) in [5.41, 5.74) is 5.73. The molecule has 5 heteroatoms. The van der Waals surface area contributed by atoms with Crippen LogP contribution in [0.2, 0.25) is 0 Å². The zero-order chi connectivity index (χ0) is 10.6. The van der Waals surface area contributed by atoms with Gasteiger partial charge in [0.15, 0.2) is 0 Å². The number of morpholine rings is 1. The van der Waals surface area contributed by atoms with Crippen LogP contribution in [0.15, 0.2) is 0 Å². The minimum absolute atomic E-state index is 0.00377. The Morgan fingerprint density at radius 2 is 2.36 bits per heavy atom. The van der Waals surface area contributed by atoms with Crippen LogP contribution in [-0.4, -0.2) is 66.2 Å². The van der Waals surface area contributed by atoms with Gasteiger partial charge in [-0.05, 0) is 6.92 Å². The molecule has 0 amide bonds. The molecule has 0 radical (unpaired) electrons. The van der Waals surface area contributed by atoms with Crippen LogP contribution in [0.1, 0.15) is 6.92 Å². The first-order valence-electron chi connectivity index (χ1n) is 5.02. The molecule has 1 heterocycles. The van der Waals surface area contributed by atoms with Crippen LogP contribution in [0.3, 0.4) is 0 Å². The van der Waals surface area contributed by atoms with Gasteiger partial charge in [0.2, 0.25) is 0 Å². The van der Waals surface area contributed by atoms with Gasteiger partial charge in [0.05, 0.1) is 25.4 Å². The first kappa shape index (κ1) is 11.9. The first-order chi connectivity index (χ1) is 6.63. The van der Waals surface area contributed by atoms with Gasteiger partial charge >= 0.3 is 0 Å². The van der Waals surface area contributed by atoms with E-state index in [-0.39, 0.29) is 18.8 Å². The Morgan fingerprint density at radius 1 is 1.64 bits per heavy atom. The Morgan fingerprint density at radius 3 is 2.93 bits per heavy atom. The van der Waals surface area contributed by atoms with Crippen LogP contribution >= 0.6 is 0 Å². The van der Waals surface area contributed by atoms with E-state index in [9.17, 15) is 5.11 Å². The Balaban J connectivity index is 2.32. The molecule has 3 atom stereocenters. The van der Waals surface area contributed by atoms with E-state index >= 15 is 0 Å². The lowest BCUT2D eigenvalue weighted by molar-refractivity contribution is -0.0529. The zero-order valence-electron chi connectivity index (χ0n) is 8.59. The van der Waals surface area contributed by atoms with E-state index in [0.717, 1.165) is 13.1 Å². The SMILES string of the molecule is CC(N)C1CN(CC(O)CO)CCO1. The summed E-state index contributed by atoms with van der Waals surface area (Å²) in [6.07, 6.45) is -0.628. The van der Waals surface area contributed by atoms with E-state index in [1.54, 1.807) is 0 Å². The molecule has 14 heavy (non-hydrogen) atoms. The minimum atomic E-state index is -0.665. The maximum atomic E-state index is 9.27. The summed E-state index contributed by atoms with van der Waals surface area (Å²) in [4.78, 5) is 2.07. The zero-order valence-corrected chi connectivity index (χ0v) is 8.59. The van der Waals surface area contributed by atoms with Gasteiger partial charge in [0.25, 0.3) is 0 Å². The van der Waals surface area contributed by atoms with E-state index in [4.69, 9.17) is 15.6 Å². The number of hydrogen-bond acceptors (Lipinski definition) is 5. The number of β-amino-alcohol motifs (C(OH)–C–C–N with tert-alkyl or cyclic N) is 1. The lowest BCUT2D eigenvalue weighted by atomic mass is 10.1. The van der Waals surface area contributed by atoms with Gasteiger partial charge in [-0.2, -0.15) is 0 Å². The highest BCUT2D eigenvalue weighted by molar-refractivity contribution is 4.78. The molecule has 3 unspecified atom stereocenters. The van der Waals surface area contributed by atoms with Crippen molar-refractivity contribution in [1.82, 2.24) is 4.90 Å². The standard InChI is InChI=1S/C9H20N2O3/c1-7(10)9-5-11(2-3-14-9)4-8(13)6-12/h7-9,12-13H,2-6,10H2,1H3. The third-order valence-electron chi connectivity index (χ3n) is 2.44. The predicted molar refractivity (Wildman–Crippen MR) is 52.9 cm³/mol. The first-order valence-corrected chi connectivity index (χ1v) is 5.02. The number of hydrogen-bond donors (Lipinski definition) is 3. The highest BCUT2D eigenvalue weighted by Crippen LogP contribution is 2.07. The molecule has 1 aliphatic heterocycles. The second-order valence-electron chi connectivity index (χ2n) is 3.86. The monoisotopic (exact) mass is 204 g/mol. The minimum Gasteiger partial charge on any atom is -0.394 e. The summed E-state index contributed by atoms with van der Waals surface area (Å²) in [5, 5.41) is 18.0. The number of aliphatic hydroxyl groups excluding tert-OH is 2. The van der Waals surface area contributed by atoms with Crippen LogP contribution in [0, 0.1) is 0 Å². The summed E-state index contributed by atoms with van der Waals surface area (Å²) in [6, 6.07) is 0.00377. The molecule has 4 N–H and O–H groups in total. The molecule has 0 bridgehead atoms. The van der Waals surface area contributed by atoms with Gasteiger partial charge < -0.3 is 20.7 Å². The number of rotatable bonds is 4. The van der Waals surface area contributed by atoms with Gasteiger partial charge in [-0.1, -0.05) is 0 Å². The van der Waals surface area contributed by atoms with Crippen molar-refractivity contribution in [3.05, 3.63) is 0 Å². The molecule has 1 saturated heterocycles. The molecule has 1 rings (SSSR count). The molecule has 0 aromatic carbocycles. The van der Waals surface area contributed by atoms with Crippen molar-refractivity contribution in [3.63, 3.8) is 0 Å². The Labute approximate surface area is 84.5 Å². The third kappa shape index (κ3) is 3.51. The van der Waals surface area contributed by atoms with E-state index in [1.165, 1.54) is 0 Å². The maximum Gasteiger partial charge on any atom is 0.0897 e. The largest absolute Gasteiger partial charge is 0.394 e. The molecule has 1 fully saturated rings. The quantitative estimate of drug-likeness (QED) is 0.513. The van der Waals surface area contributed by atoms with Crippen LogP contribution in [-0.2, 0) is 4.74 Å². The van der Waals surface area contributed by atoms with Crippen molar-refractivity contribution in [2.75, 3.05) is 32.8 Å². The van der Waals surface area contributed by atoms with E-state index in [1.807, 2.05) is 6.92 Å². The molecular weight excluding hydrogens is 184 g/mol. The fraction of sp³-hybridized carbons (Fsp3) is 1.00. The smallest absolute Gasteiger partial charge is 0.0897 e. The molecule has 0 aromatic heterocycles. The molecule has 84 valence electrons. The molecule has 0 spiro atoms. The van der Waals surface area contributed by atoms with Crippen LogP contribution in [0.4, 0.5) is 0 Å². The van der Waals surface area contributed by atoms with Crippen LogP contribution < -0.4 is 5.73 Å². The van der Waals surface area contributed by atoms with Crippen molar-refractivity contribution in [3.8, 4) is 0 Å². The number of ether oxygens (including phenoxy) is 1. The summed E-state index contributed by atoms with van der Waals surface area (Å²) in [5.74, 6) is 0. The van der Waals surface area contributed by atoms with Gasteiger partial charge in [0, 0.05) is 25.7 Å². The van der Waals surface area contributed by atoms with Crippen molar-refractivity contribution >= 4 is 0 Å². The second-order valence-corrected chi connectivity index (χ2v) is 3.86. The Kier molecular flexibility index (Phi) is 4.77. The Bertz CT molecular complexity index is 166. The average Bonchev–Trinajstić information content (AvgIpc) is 2.18. The molecular formula is C9H20N2O3. The molecule has 0 aliphatic carbocycles. The van der Waals surface area contributed by atoms with Gasteiger partial charge in [-0.3, -0.25) is 4.90 Å². The van der Waals surface area contributed by atoms with Crippen molar-refractivity contribution in [2.24, 2.45) is 5.73 Å². The van der Waals surface area contributed by atoms with Crippen LogP contribution in [0.25, 0.3) is 0 Å². The molecule has 1 aliphatic rings. The summed E-state index contributed by atoms with van der Waals surface area (Å²) < 4.78 is 5.47. The van der Waals surface area contributed by atoms with Crippen LogP contribution in [0.5, 0.6) is 0 Å². The highest BCUT2D eigenvalue weighted by atomic mass is 16.5. The van der Waals surface area contributed by atoms with Crippen molar-refractivity contribution < 1.29 is 14.9 Å². The van der Waals surface area contributed by atoms with E-state index in [0.29, 0.717) is 13.2 Å². The number of aliphatic hydroxyl groups is 2. The summed E-state index contributed by atoms with van der Waals surface area (Å²) in [7, 11) is 0. The third-order valence-corrected chi connectivity index (χ3v) is 2.44. The van der Waals surface area contributed by atoms with Gasteiger partial charge in [0.1, 0.15) is 0 Å². The molecule has 0 saturated carbocycles. The fourth-order valence-corrected chi connectivity index (χ4v) is 1.57. The second kappa shape index (κ2) is 5.63. The lowest BCUT2D eigenvalue weighted by Crippen LogP contribution is -2.51. The fourth-order valence-electron chi connectivity index (χ4n) is 1.57.